The lowest BCUT2D eigenvalue weighted by Gasteiger charge is -2.16. The van der Waals surface area contributed by atoms with Gasteiger partial charge in [-0.05, 0) is 19.4 Å². The third-order valence-electron chi connectivity index (χ3n) is 2.34. The molecule has 0 aliphatic heterocycles. The average Bonchev–Trinajstić information content (AvgIpc) is 2.27. The van der Waals surface area contributed by atoms with Crippen molar-refractivity contribution in [3.8, 4) is 0 Å². The van der Waals surface area contributed by atoms with Gasteiger partial charge in [0.05, 0.1) is 6.61 Å². The fourth-order valence-corrected chi connectivity index (χ4v) is 3.15. The molecular weight excluding hydrogens is 276 g/mol. The number of carbonyl (C=O) groups is 4. The van der Waals surface area contributed by atoms with Gasteiger partial charge in [0, 0.05) is 6.08 Å². The summed E-state index contributed by atoms with van der Waals surface area (Å²) in [6.45, 7) is 1.37. The van der Waals surface area contributed by atoms with E-state index in [-0.39, 0.29) is 13.0 Å². The minimum absolute atomic E-state index is 0.138. The third kappa shape index (κ3) is 4.21. The van der Waals surface area contributed by atoms with Crippen LogP contribution < -0.4 is 0 Å². The monoisotopic (exact) mass is 290 g/mol. The number of carbonyl (C=O) groups excluding carboxylic acids is 1. The number of esters is 1. The molecule has 0 rings (SSSR count). The molecule has 0 radical (unpaired) electrons. The van der Waals surface area contributed by atoms with Crippen LogP contribution in [-0.4, -0.2) is 52.7 Å². The Morgan fingerprint density at radius 2 is 1.53 bits per heavy atom. The highest BCUT2D eigenvalue weighted by Gasteiger charge is 2.59. The van der Waals surface area contributed by atoms with Crippen molar-refractivity contribution in [2.24, 2.45) is 0 Å². The number of hydrogen-bond acceptors (Lipinski definition) is 5. The van der Waals surface area contributed by atoms with Crippen LogP contribution >= 0.6 is 0 Å². The predicted octanol–water partition coefficient (Wildman–Crippen LogP) is 1.72. The highest BCUT2D eigenvalue weighted by atomic mass is 28.3. The van der Waals surface area contributed by atoms with Crippen LogP contribution in [0.5, 0.6) is 0 Å². The average molecular weight is 290 g/mol. The van der Waals surface area contributed by atoms with Crippen molar-refractivity contribution in [3.63, 3.8) is 0 Å². The SMILES string of the molecule is CC=CC(=O)OCCC[Si](C(=O)O)(C(=O)O)C(=O)O. The van der Waals surface area contributed by atoms with Crippen molar-refractivity contribution < 1.29 is 39.2 Å². The van der Waals surface area contributed by atoms with Crippen LogP contribution in [0.3, 0.4) is 0 Å². The fraction of sp³-hybridized carbons (Fsp3) is 0.400. The van der Waals surface area contributed by atoms with Gasteiger partial charge in [0.25, 0.3) is 16.8 Å². The molecule has 19 heavy (non-hydrogen) atoms. The molecule has 0 aliphatic carbocycles. The Morgan fingerprint density at radius 3 is 1.89 bits per heavy atom. The second-order valence-corrected chi connectivity index (χ2v) is 7.19. The van der Waals surface area contributed by atoms with Crippen LogP contribution in [0.1, 0.15) is 13.3 Å². The maximum Gasteiger partial charge on any atom is 0.431 e. The highest BCUT2D eigenvalue weighted by molar-refractivity contribution is 7.38. The molecule has 0 spiro atoms. The molecule has 0 unspecified atom stereocenters. The summed E-state index contributed by atoms with van der Waals surface area (Å²) in [5.41, 5.74) is -5.48. The van der Waals surface area contributed by atoms with E-state index >= 15 is 0 Å². The summed E-state index contributed by atoms with van der Waals surface area (Å²) >= 11 is 0. The maximum atomic E-state index is 10.9. The summed E-state index contributed by atoms with van der Waals surface area (Å²) in [7, 11) is -4.58. The van der Waals surface area contributed by atoms with Crippen LogP contribution in [0.4, 0.5) is 14.4 Å². The van der Waals surface area contributed by atoms with Gasteiger partial charge in [-0.25, -0.2) is 4.79 Å². The van der Waals surface area contributed by atoms with E-state index in [9.17, 15) is 19.2 Å². The molecule has 0 bridgehead atoms. The summed E-state index contributed by atoms with van der Waals surface area (Å²) in [5, 5.41) is 26.5. The van der Waals surface area contributed by atoms with Crippen LogP contribution in [0.25, 0.3) is 0 Å². The topological polar surface area (TPSA) is 138 Å². The minimum atomic E-state index is -4.58. The first kappa shape index (κ1) is 16.8. The summed E-state index contributed by atoms with van der Waals surface area (Å²) < 4.78 is 4.63. The molecule has 0 atom stereocenters. The molecule has 0 aliphatic rings. The Bertz CT molecular complexity index is 378. The molecule has 0 amide bonds. The Hall–Kier alpha value is -2.16. The molecule has 9 heteroatoms. The van der Waals surface area contributed by atoms with Crippen LogP contribution in [0, 0.1) is 0 Å². The molecule has 106 valence electrons. The molecule has 0 saturated carbocycles. The van der Waals surface area contributed by atoms with Gasteiger partial charge in [-0.3, -0.25) is 14.4 Å². The van der Waals surface area contributed by atoms with E-state index in [1.807, 2.05) is 0 Å². The van der Waals surface area contributed by atoms with Gasteiger partial charge in [-0.1, -0.05) is 6.08 Å². The van der Waals surface area contributed by atoms with Gasteiger partial charge in [0.2, 0.25) is 0 Å². The minimum Gasteiger partial charge on any atom is -0.485 e. The summed E-state index contributed by atoms with van der Waals surface area (Å²) in [4.78, 5) is 43.7. The van der Waals surface area contributed by atoms with E-state index < -0.39 is 36.9 Å². The van der Waals surface area contributed by atoms with Crippen molar-refractivity contribution in [1.29, 1.82) is 0 Å². The number of carboxylic acid groups (broad SMARTS) is 3. The first-order chi connectivity index (χ1) is 8.78. The maximum absolute atomic E-state index is 10.9. The van der Waals surface area contributed by atoms with E-state index in [1.165, 1.54) is 6.08 Å². The Morgan fingerprint density at radius 1 is 1.05 bits per heavy atom. The Kier molecular flexibility index (Phi) is 6.48. The first-order valence-electron chi connectivity index (χ1n) is 5.28. The van der Waals surface area contributed by atoms with Gasteiger partial charge in [0.1, 0.15) is 0 Å². The van der Waals surface area contributed by atoms with Crippen molar-refractivity contribution in [2.45, 2.75) is 19.4 Å². The zero-order valence-corrected chi connectivity index (χ0v) is 11.2. The molecule has 0 fully saturated rings. The van der Waals surface area contributed by atoms with E-state index in [0.29, 0.717) is 0 Å². The number of hydrogen-bond donors (Lipinski definition) is 3. The van der Waals surface area contributed by atoms with Gasteiger partial charge in [-0.15, -0.1) is 0 Å². The molecule has 0 aromatic rings. The molecule has 0 aromatic carbocycles. The summed E-state index contributed by atoms with van der Waals surface area (Å²) in [6, 6.07) is -0.546. The number of rotatable bonds is 8. The largest absolute Gasteiger partial charge is 0.485 e. The Balaban J connectivity index is 4.62. The van der Waals surface area contributed by atoms with E-state index in [0.717, 1.165) is 6.08 Å². The van der Waals surface area contributed by atoms with Gasteiger partial charge < -0.3 is 20.1 Å². The van der Waals surface area contributed by atoms with Gasteiger partial charge in [0.15, 0.2) is 0 Å². The van der Waals surface area contributed by atoms with Crippen molar-refractivity contribution in [1.82, 2.24) is 0 Å². The van der Waals surface area contributed by atoms with Crippen LogP contribution in [0.2, 0.25) is 6.04 Å². The number of ether oxygens (including phenoxy) is 1. The lowest BCUT2D eigenvalue weighted by atomic mass is 10.5. The zero-order valence-electron chi connectivity index (χ0n) is 10.2. The van der Waals surface area contributed by atoms with Crippen molar-refractivity contribution in [2.75, 3.05) is 6.61 Å². The summed E-state index contributed by atoms with van der Waals surface area (Å²) in [5.74, 6) is -0.657. The summed E-state index contributed by atoms with van der Waals surface area (Å²) in [6.07, 6.45) is 2.43. The fourth-order valence-electron chi connectivity index (χ4n) is 1.29. The van der Waals surface area contributed by atoms with Gasteiger partial charge >= 0.3 is 14.0 Å². The van der Waals surface area contributed by atoms with E-state index in [4.69, 9.17) is 15.3 Å². The number of allylic oxidation sites excluding steroid dienone is 1. The van der Waals surface area contributed by atoms with Crippen LogP contribution in [0.15, 0.2) is 12.2 Å². The van der Waals surface area contributed by atoms with E-state index in [1.54, 1.807) is 6.92 Å². The van der Waals surface area contributed by atoms with Crippen molar-refractivity contribution in [3.05, 3.63) is 12.2 Å². The normalized spacial score (nSPS) is 11.2. The molecular formula is C10H14O8Si. The van der Waals surface area contributed by atoms with Crippen molar-refractivity contribution >= 4 is 30.8 Å². The predicted molar refractivity (Wildman–Crippen MR) is 65.0 cm³/mol. The first-order valence-corrected chi connectivity index (χ1v) is 7.49. The second-order valence-electron chi connectivity index (χ2n) is 3.59. The van der Waals surface area contributed by atoms with E-state index in [2.05, 4.69) is 4.74 Å². The highest BCUT2D eigenvalue weighted by Crippen LogP contribution is 2.17. The molecule has 3 N–H and O–H groups in total. The third-order valence-corrected chi connectivity index (χ3v) is 5.63. The lowest BCUT2D eigenvalue weighted by Crippen LogP contribution is -2.58. The second kappa shape index (κ2) is 7.31. The quantitative estimate of drug-likeness (QED) is 0.266. The standard InChI is InChI=1S/C10H14O8Si/c1-2-4-7(11)18-5-3-6-19(8(12)13,9(14)15)10(16)17/h2,4H,3,5-6H2,1H3,(H,12,13)(H,14,15)(H,16,17). The smallest absolute Gasteiger partial charge is 0.431 e. The molecule has 0 heterocycles. The van der Waals surface area contributed by atoms with Gasteiger partial charge in [-0.2, -0.15) is 0 Å². The molecule has 8 nitrogen and oxygen atoms in total. The Labute approximate surface area is 109 Å². The lowest BCUT2D eigenvalue weighted by molar-refractivity contribution is -0.137. The van der Waals surface area contributed by atoms with Crippen LogP contribution in [-0.2, 0) is 9.53 Å². The molecule has 0 aromatic heterocycles. The molecule has 0 saturated heterocycles. The zero-order chi connectivity index (χ0) is 15.1.